The first-order valence-corrected chi connectivity index (χ1v) is 10.7. The van der Waals surface area contributed by atoms with E-state index >= 15 is 0 Å². The number of rotatable bonds is 2. The van der Waals surface area contributed by atoms with Crippen LogP contribution in [-0.4, -0.2) is 25.9 Å². The molecule has 13 heavy (non-hydrogen) atoms. The van der Waals surface area contributed by atoms with E-state index in [1.165, 1.54) is 0 Å². The van der Waals surface area contributed by atoms with Crippen LogP contribution in [0.2, 0.25) is 0 Å². The van der Waals surface area contributed by atoms with Crippen molar-refractivity contribution in [1.29, 1.82) is 0 Å². The van der Waals surface area contributed by atoms with Gasteiger partial charge in [-0.05, 0) is 17.4 Å². The number of aromatic nitrogens is 4. The Kier molecular flexibility index (Phi) is 3.26. The van der Waals surface area contributed by atoms with Gasteiger partial charge in [-0.3, -0.25) is 0 Å². The highest BCUT2D eigenvalue weighted by molar-refractivity contribution is 8.61. The second-order valence-electron chi connectivity index (χ2n) is 3.09. The summed E-state index contributed by atoms with van der Waals surface area (Å²) in [4.78, 5) is 0. The summed E-state index contributed by atoms with van der Waals surface area (Å²) in [6.07, 6.45) is 1.05. The maximum Gasteiger partial charge on any atom is 0.152 e. The van der Waals surface area contributed by atoms with E-state index in [2.05, 4.69) is 40.3 Å². The van der Waals surface area contributed by atoms with Gasteiger partial charge in [0.2, 0.25) is 0 Å². The molecule has 1 aliphatic rings. The van der Waals surface area contributed by atoms with E-state index in [-0.39, 0.29) is 7.30 Å². The minimum atomic E-state index is 0.0393. The van der Waals surface area contributed by atoms with Crippen molar-refractivity contribution in [3.05, 3.63) is 5.82 Å². The Balaban J connectivity index is 2.19. The van der Waals surface area contributed by atoms with E-state index in [4.69, 9.17) is 0 Å². The quantitative estimate of drug-likeness (QED) is 0.754. The summed E-state index contributed by atoms with van der Waals surface area (Å²) < 4.78 is 1.97. The monoisotopic (exact) mass is 252 g/mol. The highest BCUT2D eigenvalue weighted by Crippen LogP contribution is 2.71. The summed E-state index contributed by atoms with van der Waals surface area (Å²) >= 11 is 0. The van der Waals surface area contributed by atoms with Crippen LogP contribution < -0.4 is 0 Å². The minimum Gasteiger partial charge on any atom is -0.226 e. The molecule has 4 unspecified atom stereocenters. The van der Waals surface area contributed by atoms with Crippen LogP contribution in [0, 0.1) is 0 Å². The molecule has 4 nitrogen and oxygen atoms in total. The van der Waals surface area contributed by atoms with Gasteiger partial charge < -0.3 is 0 Å². The van der Waals surface area contributed by atoms with Gasteiger partial charge >= 0.3 is 0 Å². The van der Waals surface area contributed by atoms with Crippen molar-refractivity contribution in [1.82, 2.24) is 20.2 Å². The normalized spacial score (nSPS) is 29.8. The summed E-state index contributed by atoms with van der Waals surface area (Å²) in [5.41, 5.74) is 0.717. The SMILES string of the molecule is C[C@@H]1[C@@H](P(P)PP)Cc2nnnn21. The summed E-state index contributed by atoms with van der Waals surface area (Å²) in [7, 11) is 6.81. The lowest BCUT2D eigenvalue weighted by molar-refractivity contribution is 0.509. The van der Waals surface area contributed by atoms with Gasteiger partial charge in [0.15, 0.2) is 5.82 Å². The molecule has 0 amide bonds. The summed E-state index contributed by atoms with van der Waals surface area (Å²) in [5.74, 6) is 1.05. The van der Waals surface area contributed by atoms with Gasteiger partial charge in [0.1, 0.15) is 0 Å². The molecule has 0 aromatic carbocycles. The van der Waals surface area contributed by atoms with Crippen LogP contribution in [0.3, 0.4) is 0 Å². The third-order valence-electron chi connectivity index (χ3n) is 2.40. The first-order valence-electron chi connectivity index (χ1n) is 4.01. The molecule has 1 aliphatic heterocycles. The minimum absolute atomic E-state index is 0.0393. The standard InChI is InChI=1S/C5H12N4P4/c1-3-4(13(11)12-10)2-5-6-7-8-9(3)5/h3-4,12H,2,10-11H2,1H3/t3-,4+,13?/m1/s1. The van der Waals surface area contributed by atoms with Gasteiger partial charge in [-0.15, -0.1) is 23.0 Å². The maximum atomic E-state index is 4.01. The molecule has 0 fully saturated rings. The highest BCUT2D eigenvalue weighted by Gasteiger charge is 2.34. The van der Waals surface area contributed by atoms with Gasteiger partial charge in [-0.1, -0.05) is 15.3 Å². The van der Waals surface area contributed by atoms with Crippen molar-refractivity contribution in [3.63, 3.8) is 0 Å². The Morgan fingerprint density at radius 2 is 2.46 bits per heavy atom. The van der Waals surface area contributed by atoms with E-state index in [1.54, 1.807) is 0 Å². The van der Waals surface area contributed by atoms with E-state index in [9.17, 15) is 0 Å². The van der Waals surface area contributed by atoms with Crippen LogP contribution in [0.15, 0.2) is 0 Å². The van der Waals surface area contributed by atoms with Crippen molar-refractivity contribution in [3.8, 4) is 0 Å². The Hall–Kier alpha value is 0.790. The Bertz CT molecular complexity index is 302. The number of tetrazole rings is 1. The largest absolute Gasteiger partial charge is 0.226 e. The summed E-state index contributed by atoms with van der Waals surface area (Å²) in [6, 6.07) is 0.474. The second kappa shape index (κ2) is 4.11. The molecule has 0 saturated carbocycles. The van der Waals surface area contributed by atoms with Gasteiger partial charge in [-0.2, -0.15) is 0 Å². The zero-order valence-electron chi connectivity index (χ0n) is 7.25. The van der Waals surface area contributed by atoms with Gasteiger partial charge in [0.25, 0.3) is 0 Å². The topological polar surface area (TPSA) is 43.6 Å². The van der Waals surface area contributed by atoms with E-state index in [0.717, 1.165) is 20.2 Å². The molecule has 8 heteroatoms. The zero-order valence-corrected chi connectivity index (χ0v) is 11.5. The molecule has 0 saturated heterocycles. The molecule has 1 aromatic rings. The fraction of sp³-hybridized carbons (Fsp3) is 0.800. The lowest BCUT2D eigenvalue weighted by atomic mass is 10.2. The molecule has 1 aromatic heterocycles. The fourth-order valence-corrected chi connectivity index (χ4v) is 7.04. The number of hydrogen-bond donors (Lipinski definition) is 0. The molecule has 6 atom stereocenters. The van der Waals surface area contributed by atoms with Crippen LogP contribution in [0.4, 0.5) is 0 Å². The van der Waals surface area contributed by atoms with Crippen molar-refractivity contribution >= 4 is 33.1 Å². The van der Waals surface area contributed by atoms with Crippen LogP contribution in [0.1, 0.15) is 18.8 Å². The Morgan fingerprint density at radius 1 is 1.69 bits per heavy atom. The summed E-state index contributed by atoms with van der Waals surface area (Å²) in [5, 5.41) is 11.7. The molecule has 0 bridgehead atoms. The Labute approximate surface area is 84.6 Å². The van der Waals surface area contributed by atoms with Gasteiger partial charge in [-0.25, -0.2) is 4.68 Å². The van der Waals surface area contributed by atoms with E-state index in [0.29, 0.717) is 11.7 Å². The molecule has 0 aliphatic carbocycles. The fourth-order valence-electron chi connectivity index (χ4n) is 1.61. The lowest BCUT2D eigenvalue weighted by Gasteiger charge is -2.21. The predicted molar refractivity (Wildman–Crippen MR) is 64.7 cm³/mol. The zero-order chi connectivity index (χ0) is 9.42. The molecule has 0 radical (unpaired) electrons. The van der Waals surface area contributed by atoms with E-state index in [1.807, 2.05) is 4.68 Å². The van der Waals surface area contributed by atoms with Crippen molar-refractivity contribution in [2.24, 2.45) is 0 Å². The van der Waals surface area contributed by atoms with Crippen molar-refractivity contribution < 1.29 is 0 Å². The molecule has 72 valence electrons. The molecule has 0 N–H and O–H groups in total. The number of fused-ring (bicyclic) bond motifs is 1. The van der Waals surface area contributed by atoms with Gasteiger partial charge in [0, 0.05) is 12.1 Å². The summed E-state index contributed by atoms with van der Waals surface area (Å²) in [6.45, 7) is 2.21. The number of nitrogens with zero attached hydrogens (tertiary/aromatic N) is 4. The van der Waals surface area contributed by atoms with E-state index < -0.39 is 0 Å². The predicted octanol–water partition coefficient (Wildman–Crippen LogP) is 1.81. The van der Waals surface area contributed by atoms with Crippen LogP contribution in [0.25, 0.3) is 0 Å². The number of hydrogen-bond acceptors (Lipinski definition) is 3. The van der Waals surface area contributed by atoms with Crippen LogP contribution in [-0.2, 0) is 6.42 Å². The maximum absolute atomic E-state index is 4.01. The highest BCUT2D eigenvalue weighted by atomic mass is 32.6. The first-order chi connectivity index (χ1) is 6.24. The second-order valence-corrected chi connectivity index (χ2v) is 12.7. The molecular formula is C5H12N4P4. The van der Waals surface area contributed by atoms with Crippen molar-refractivity contribution in [2.45, 2.75) is 25.0 Å². The third-order valence-corrected chi connectivity index (χ3v) is 13.8. The van der Waals surface area contributed by atoms with Crippen molar-refractivity contribution in [2.75, 3.05) is 0 Å². The molecule has 2 heterocycles. The first kappa shape index (κ1) is 10.3. The lowest BCUT2D eigenvalue weighted by Crippen LogP contribution is -2.12. The van der Waals surface area contributed by atoms with Crippen LogP contribution in [0.5, 0.6) is 0 Å². The average molecular weight is 252 g/mol. The molecular weight excluding hydrogens is 240 g/mol. The Morgan fingerprint density at radius 3 is 3.08 bits per heavy atom. The average Bonchev–Trinajstić information content (AvgIpc) is 2.68. The molecule has 0 spiro atoms. The van der Waals surface area contributed by atoms with Crippen LogP contribution >= 0.6 is 33.1 Å². The van der Waals surface area contributed by atoms with Gasteiger partial charge in [0.05, 0.1) is 6.04 Å². The molecule has 2 rings (SSSR count). The smallest absolute Gasteiger partial charge is 0.152 e. The third kappa shape index (κ3) is 1.80.